The lowest BCUT2D eigenvalue weighted by Gasteiger charge is -2.43. The average molecular weight is 698 g/mol. The summed E-state index contributed by atoms with van der Waals surface area (Å²) in [4.78, 5) is 16.4. The topological polar surface area (TPSA) is 117 Å². The van der Waals surface area contributed by atoms with Crippen LogP contribution in [-0.4, -0.2) is 56.1 Å². The van der Waals surface area contributed by atoms with E-state index in [1.54, 1.807) is 18.2 Å². The second-order valence-corrected chi connectivity index (χ2v) is 15.2. The number of likely N-dealkylation sites (tertiary alicyclic amines) is 1. The molecular formula is C40H47N3O6S. The second kappa shape index (κ2) is 16.4. The predicted octanol–water partition coefficient (Wildman–Crippen LogP) is 6.29. The van der Waals surface area contributed by atoms with Crippen LogP contribution in [0.2, 0.25) is 0 Å². The van der Waals surface area contributed by atoms with Gasteiger partial charge >= 0.3 is 0 Å². The Morgan fingerprint density at radius 1 is 0.860 bits per heavy atom. The van der Waals surface area contributed by atoms with Crippen LogP contribution in [-0.2, 0) is 37.3 Å². The Labute approximate surface area is 295 Å². The van der Waals surface area contributed by atoms with Gasteiger partial charge in [0.2, 0.25) is 15.9 Å². The van der Waals surface area contributed by atoms with Crippen LogP contribution in [0.15, 0.2) is 108 Å². The minimum Gasteiger partial charge on any atom is -0.392 e. The number of aliphatic hydroxyl groups is 1. The monoisotopic (exact) mass is 697 g/mol. The number of rotatable bonds is 12. The SMILES string of the molecule is Cc1ccc(S(=O)(=O)N[C@H](Cc2ccccc2)C(=O)Nc2cccc([C@H]3O[C@@H](CN4CCCCC4)[C@@H](C)[C@@H](c4ccc(CO)cc4)O3)c2)cc1. The van der Waals surface area contributed by atoms with E-state index in [4.69, 9.17) is 9.47 Å². The normalized spacial score (nSPS) is 22.1. The zero-order chi connectivity index (χ0) is 35.1. The number of piperidine rings is 1. The van der Waals surface area contributed by atoms with E-state index in [2.05, 4.69) is 21.9 Å². The van der Waals surface area contributed by atoms with Gasteiger partial charge in [0.15, 0.2) is 6.29 Å². The lowest BCUT2D eigenvalue weighted by molar-refractivity contribution is -0.276. The predicted molar refractivity (Wildman–Crippen MR) is 194 cm³/mol. The molecule has 4 aromatic rings. The molecule has 0 saturated carbocycles. The molecule has 9 nitrogen and oxygen atoms in total. The van der Waals surface area contributed by atoms with Gasteiger partial charge in [0.1, 0.15) is 6.04 Å². The second-order valence-electron chi connectivity index (χ2n) is 13.5. The maximum atomic E-state index is 13.8. The maximum Gasteiger partial charge on any atom is 0.242 e. The number of carbonyl (C=O) groups excluding carboxylic acids is 1. The van der Waals surface area contributed by atoms with E-state index in [0.717, 1.165) is 47.5 Å². The molecule has 1 amide bonds. The molecule has 10 heteroatoms. The molecule has 2 fully saturated rings. The van der Waals surface area contributed by atoms with Crippen molar-refractivity contribution in [3.8, 4) is 0 Å². The molecule has 0 aliphatic carbocycles. The summed E-state index contributed by atoms with van der Waals surface area (Å²) in [7, 11) is -3.99. The molecule has 2 heterocycles. The molecule has 5 atom stereocenters. The average Bonchev–Trinajstić information content (AvgIpc) is 3.13. The van der Waals surface area contributed by atoms with Gasteiger partial charge < -0.3 is 24.8 Å². The first-order valence-corrected chi connectivity index (χ1v) is 18.9. The summed E-state index contributed by atoms with van der Waals surface area (Å²) < 4.78 is 42.8. The van der Waals surface area contributed by atoms with Crippen molar-refractivity contribution >= 4 is 21.6 Å². The molecule has 3 N–H and O–H groups in total. The van der Waals surface area contributed by atoms with Crippen molar-refractivity contribution in [2.75, 3.05) is 25.0 Å². The lowest BCUT2D eigenvalue weighted by Crippen LogP contribution is -2.45. The number of hydrogen-bond donors (Lipinski definition) is 3. The van der Waals surface area contributed by atoms with E-state index >= 15 is 0 Å². The molecule has 0 unspecified atom stereocenters. The molecular weight excluding hydrogens is 651 g/mol. The van der Waals surface area contributed by atoms with E-state index in [-0.39, 0.29) is 36.0 Å². The Kier molecular flexibility index (Phi) is 11.8. The summed E-state index contributed by atoms with van der Waals surface area (Å²) >= 11 is 0. The standard InChI is InChI=1S/C40H47N3O6S/c1-28-14-20-35(21-15-28)50(46,47)42-36(24-30-10-5-3-6-11-30)39(45)41-34-13-9-12-33(25-34)40-48-37(26-43-22-7-4-8-23-43)29(2)38(49-40)32-18-16-31(27-44)17-19-32/h3,5-6,9-21,25,29,36-38,40,42,44H,4,7-8,22-24,26-27H2,1-2H3,(H,41,45)/t29-,36-,37+,38+,40+/m1/s1. The number of benzene rings is 4. The van der Waals surface area contributed by atoms with Crippen molar-refractivity contribution in [2.24, 2.45) is 5.92 Å². The van der Waals surface area contributed by atoms with Crippen molar-refractivity contribution in [2.45, 2.75) is 75.6 Å². The minimum atomic E-state index is -3.99. The van der Waals surface area contributed by atoms with E-state index in [0.29, 0.717) is 5.69 Å². The van der Waals surface area contributed by atoms with Crippen LogP contribution in [0.1, 0.15) is 66.4 Å². The van der Waals surface area contributed by atoms with Crippen molar-refractivity contribution < 1.29 is 27.8 Å². The third-order valence-electron chi connectivity index (χ3n) is 9.66. The Hall–Kier alpha value is -3.90. The number of aryl methyl sites for hydroxylation is 1. The van der Waals surface area contributed by atoms with Crippen LogP contribution in [0.4, 0.5) is 5.69 Å². The summed E-state index contributed by atoms with van der Waals surface area (Å²) in [5, 5.41) is 12.6. The number of hydrogen-bond acceptors (Lipinski definition) is 7. The van der Waals surface area contributed by atoms with Crippen molar-refractivity contribution in [1.29, 1.82) is 0 Å². The molecule has 4 aromatic carbocycles. The van der Waals surface area contributed by atoms with E-state index in [9.17, 15) is 18.3 Å². The fraction of sp³-hybridized carbons (Fsp3) is 0.375. The third kappa shape index (κ3) is 9.06. The van der Waals surface area contributed by atoms with Gasteiger partial charge in [0.05, 0.1) is 23.7 Å². The highest BCUT2D eigenvalue weighted by molar-refractivity contribution is 7.89. The van der Waals surface area contributed by atoms with Crippen molar-refractivity contribution in [1.82, 2.24) is 9.62 Å². The molecule has 6 rings (SSSR count). The zero-order valence-corrected chi connectivity index (χ0v) is 29.5. The van der Waals surface area contributed by atoms with Crippen molar-refractivity contribution in [3.05, 3.63) is 131 Å². The maximum absolute atomic E-state index is 13.8. The van der Waals surface area contributed by atoms with E-state index in [1.807, 2.05) is 79.7 Å². The summed E-state index contributed by atoms with van der Waals surface area (Å²) in [5.41, 5.74) is 4.86. The summed E-state index contributed by atoms with van der Waals surface area (Å²) in [6.45, 7) is 6.92. The highest BCUT2D eigenvalue weighted by Crippen LogP contribution is 2.42. The largest absolute Gasteiger partial charge is 0.392 e. The molecule has 0 aromatic heterocycles. The molecule has 2 saturated heterocycles. The molecule has 0 bridgehead atoms. The summed E-state index contributed by atoms with van der Waals surface area (Å²) in [6.07, 6.45) is 2.74. The Morgan fingerprint density at radius 3 is 2.28 bits per heavy atom. The number of aliphatic hydroxyl groups excluding tert-OH is 1. The number of anilines is 1. The van der Waals surface area contributed by atoms with E-state index < -0.39 is 28.3 Å². The highest BCUT2D eigenvalue weighted by atomic mass is 32.2. The molecule has 2 aliphatic heterocycles. The third-order valence-corrected chi connectivity index (χ3v) is 11.2. The number of nitrogens with one attached hydrogen (secondary N) is 2. The van der Waals surface area contributed by atoms with Gasteiger partial charge in [-0.1, -0.05) is 97.8 Å². The van der Waals surface area contributed by atoms with Gasteiger partial charge in [-0.05, 0) is 80.2 Å². The summed E-state index contributed by atoms with van der Waals surface area (Å²) in [5.74, 6) is -0.415. The zero-order valence-electron chi connectivity index (χ0n) is 28.7. The first-order chi connectivity index (χ1) is 24.2. The minimum absolute atomic E-state index is 0.0250. The molecule has 50 heavy (non-hydrogen) atoms. The molecule has 264 valence electrons. The van der Waals surface area contributed by atoms with Gasteiger partial charge in [-0.25, -0.2) is 8.42 Å². The Balaban J connectivity index is 1.23. The molecule has 2 aliphatic rings. The van der Waals surface area contributed by atoms with Crippen LogP contribution in [0.3, 0.4) is 0 Å². The van der Waals surface area contributed by atoms with Gasteiger partial charge in [0, 0.05) is 23.7 Å². The number of sulfonamides is 1. The summed E-state index contributed by atoms with van der Waals surface area (Å²) in [6, 6.07) is 30.0. The fourth-order valence-electron chi connectivity index (χ4n) is 6.73. The number of amides is 1. The molecule has 0 radical (unpaired) electrons. The lowest BCUT2D eigenvalue weighted by atomic mass is 9.89. The van der Waals surface area contributed by atoms with Gasteiger partial charge in [-0.3, -0.25) is 4.79 Å². The van der Waals surface area contributed by atoms with Gasteiger partial charge in [-0.15, -0.1) is 0 Å². The Bertz CT molecular complexity index is 1810. The first kappa shape index (κ1) is 35.9. The fourth-order valence-corrected chi connectivity index (χ4v) is 7.92. The van der Waals surface area contributed by atoms with Gasteiger partial charge in [-0.2, -0.15) is 4.72 Å². The van der Waals surface area contributed by atoms with Crippen LogP contribution >= 0.6 is 0 Å². The van der Waals surface area contributed by atoms with Gasteiger partial charge in [0.25, 0.3) is 0 Å². The first-order valence-electron chi connectivity index (χ1n) is 17.5. The number of nitrogens with zero attached hydrogens (tertiary/aromatic N) is 1. The van der Waals surface area contributed by atoms with Crippen LogP contribution in [0.5, 0.6) is 0 Å². The molecule has 0 spiro atoms. The highest BCUT2D eigenvalue weighted by Gasteiger charge is 2.39. The van der Waals surface area contributed by atoms with Crippen LogP contribution in [0, 0.1) is 12.8 Å². The number of ether oxygens (including phenoxy) is 2. The van der Waals surface area contributed by atoms with Crippen LogP contribution < -0.4 is 10.0 Å². The van der Waals surface area contributed by atoms with Crippen LogP contribution in [0.25, 0.3) is 0 Å². The smallest absolute Gasteiger partial charge is 0.242 e. The number of carbonyl (C=O) groups is 1. The quantitative estimate of drug-likeness (QED) is 0.159. The van der Waals surface area contributed by atoms with E-state index in [1.165, 1.54) is 31.4 Å². The Morgan fingerprint density at radius 2 is 1.58 bits per heavy atom. The van der Waals surface area contributed by atoms with Crippen molar-refractivity contribution in [3.63, 3.8) is 0 Å².